The molecule has 0 radical (unpaired) electrons. The quantitative estimate of drug-likeness (QED) is 0.815. The van der Waals surface area contributed by atoms with Crippen molar-refractivity contribution < 1.29 is 4.74 Å². The zero-order valence-electron chi connectivity index (χ0n) is 10.2. The van der Waals surface area contributed by atoms with E-state index in [0.29, 0.717) is 0 Å². The molecule has 3 heterocycles. The molecule has 0 atom stereocenters. The second kappa shape index (κ2) is 4.62. The number of aryl methyl sites for hydroxylation is 1. The van der Waals surface area contributed by atoms with Gasteiger partial charge in [0.25, 0.3) is 0 Å². The van der Waals surface area contributed by atoms with E-state index in [0.717, 1.165) is 31.3 Å². The van der Waals surface area contributed by atoms with Crippen LogP contribution in [0.3, 0.4) is 0 Å². The Morgan fingerprint density at radius 2 is 1.89 bits per heavy atom. The lowest BCUT2D eigenvalue weighted by Gasteiger charge is -2.27. The lowest BCUT2D eigenvalue weighted by molar-refractivity contribution is 0.123. The number of morpholine rings is 1. The van der Waals surface area contributed by atoms with Crippen LogP contribution >= 0.6 is 11.3 Å². The fourth-order valence-electron chi connectivity index (χ4n) is 2.03. The summed E-state index contributed by atoms with van der Waals surface area (Å²) in [6.07, 6.45) is 3.58. The van der Waals surface area contributed by atoms with Crippen LogP contribution in [0, 0.1) is 0 Å². The van der Waals surface area contributed by atoms with Crippen LogP contribution in [-0.4, -0.2) is 35.4 Å². The maximum Gasteiger partial charge on any atom is 0.333 e. The molecule has 1 saturated heterocycles. The van der Waals surface area contributed by atoms with Crippen LogP contribution in [0.15, 0.2) is 29.3 Å². The van der Waals surface area contributed by atoms with Gasteiger partial charge < -0.3 is 14.2 Å². The van der Waals surface area contributed by atoms with Crippen LogP contribution in [0.4, 0.5) is 5.00 Å². The van der Waals surface area contributed by atoms with Gasteiger partial charge in [-0.05, 0) is 12.1 Å². The highest BCUT2D eigenvalue weighted by atomic mass is 32.1. The highest BCUT2D eigenvalue weighted by molar-refractivity contribution is 7.18. The number of rotatable bonds is 2. The zero-order chi connectivity index (χ0) is 12.5. The Kier molecular flexibility index (Phi) is 2.97. The van der Waals surface area contributed by atoms with E-state index in [1.807, 2.05) is 6.07 Å². The topological polar surface area (TPSA) is 39.4 Å². The standard InChI is InChI=1S/C12H15N3O2S/c1-13-4-5-15(12(13)16)11-3-2-10(18-11)14-6-8-17-9-7-14/h2-5H,6-9H2,1H3. The molecule has 0 saturated carbocycles. The van der Waals surface area contributed by atoms with Crippen molar-refractivity contribution in [2.24, 2.45) is 7.05 Å². The zero-order valence-corrected chi connectivity index (χ0v) is 11.0. The number of imidazole rings is 1. The number of aromatic nitrogens is 2. The molecule has 6 heteroatoms. The smallest absolute Gasteiger partial charge is 0.333 e. The average molecular weight is 265 g/mol. The fourth-order valence-corrected chi connectivity index (χ4v) is 3.07. The van der Waals surface area contributed by atoms with Crippen molar-refractivity contribution in [3.63, 3.8) is 0 Å². The Hall–Kier alpha value is -1.53. The van der Waals surface area contributed by atoms with E-state index < -0.39 is 0 Å². The van der Waals surface area contributed by atoms with Crippen LogP contribution in [-0.2, 0) is 11.8 Å². The van der Waals surface area contributed by atoms with E-state index >= 15 is 0 Å². The highest BCUT2D eigenvalue weighted by Crippen LogP contribution is 2.28. The van der Waals surface area contributed by atoms with Crippen molar-refractivity contribution in [2.45, 2.75) is 0 Å². The number of anilines is 1. The van der Waals surface area contributed by atoms with E-state index in [2.05, 4.69) is 11.0 Å². The Morgan fingerprint density at radius 3 is 2.56 bits per heavy atom. The Bertz CT molecular complexity index is 592. The molecular formula is C12H15N3O2S. The Morgan fingerprint density at radius 1 is 1.17 bits per heavy atom. The highest BCUT2D eigenvalue weighted by Gasteiger charge is 2.14. The summed E-state index contributed by atoms with van der Waals surface area (Å²) in [4.78, 5) is 14.2. The van der Waals surface area contributed by atoms with Crippen molar-refractivity contribution in [1.82, 2.24) is 9.13 Å². The minimum Gasteiger partial charge on any atom is -0.378 e. The summed E-state index contributed by atoms with van der Waals surface area (Å²) in [5, 5.41) is 2.16. The van der Waals surface area contributed by atoms with Gasteiger partial charge in [-0.3, -0.25) is 4.57 Å². The van der Waals surface area contributed by atoms with Gasteiger partial charge in [0.1, 0.15) is 5.00 Å². The molecule has 0 amide bonds. The van der Waals surface area contributed by atoms with Gasteiger partial charge in [0, 0.05) is 32.5 Å². The van der Waals surface area contributed by atoms with E-state index in [1.165, 1.54) is 5.00 Å². The second-order valence-corrected chi connectivity index (χ2v) is 5.31. The first-order valence-corrected chi connectivity index (χ1v) is 6.74. The molecule has 0 aliphatic carbocycles. The molecular weight excluding hydrogens is 250 g/mol. The van der Waals surface area contributed by atoms with Gasteiger partial charge in [-0.1, -0.05) is 0 Å². The van der Waals surface area contributed by atoms with Crippen LogP contribution in [0.25, 0.3) is 5.00 Å². The fraction of sp³-hybridized carbons (Fsp3) is 0.417. The SMILES string of the molecule is Cn1ccn(-c2ccc(N3CCOCC3)s2)c1=O. The third kappa shape index (κ3) is 1.97. The molecule has 3 rings (SSSR count). The summed E-state index contributed by atoms with van der Waals surface area (Å²) in [6, 6.07) is 4.07. The molecule has 1 fully saturated rings. The third-order valence-electron chi connectivity index (χ3n) is 3.08. The van der Waals surface area contributed by atoms with Crippen LogP contribution in [0.5, 0.6) is 0 Å². The summed E-state index contributed by atoms with van der Waals surface area (Å²) in [7, 11) is 1.76. The summed E-state index contributed by atoms with van der Waals surface area (Å²) < 4.78 is 8.59. The first-order chi connectivity index (χ1) is 8.75. The minimum absolute atomic E-state index is 0.00891. The van der Waals surface area contributed by atoms with Crippen molar-refractivity contribution >= 4 is 16.3 Å². The summed E-state index contributed by atoms with van der Waals surface area (Å²) in [5.41, 5.74) is -0.00891. The van der Waals surface area contributed by atoms with Gasteiger partial charge in [0.15, 0.2) is 0 Å². The molecule has 18 heavy (non-hydrogen) atoms. The van der Waals surface area contributed by atoms with Crippen molar-refractivity contribution in [3.05, 3.63) is 35.0 Å². The van der Waals surface area contributed by atoms with E-state index in [4.69, 9.17) is 4.74 Å². The molecule has 0 N–H and O–H groups in total. The summed E-state index contributed by atoms with van der Waals surface area (Å²) >= 11 is 1.64. The number of hydrogen-bond donors (Lipinski definition) is 0. The first-order valence-electron chi connectivity index (χ1n) is 5.92. The third-order valence-corrected chi connectivity index (χ3v) is 4.23. The van der Waals surface area contributed by atoms with Gasteiger partial charge in [-0.2, -0.15) is 0 Å². The molecule has 0 unspecified atom stereocenters. The second-order valence-electron chi connectivity index (χ2n) is 4.27. The van der Waals surface area contributed by atoms with Gasteiger partial charge >= 0.3 is 5.69 Å². The number of nitrogens with zero attached hydrogens (tertiary/aromatic N) is 3. The maximum absolute atomic E-state index is 11.9. The molecule has 2 aromatic heterocycles. The van der Waals surface area contributed by atoms with Crippen molar-refractivity contribution in [2.75, 3.05) is 31.2 Å². The predicted molar refractivity (Wildman–Crippen MR) is 71.9 cm³/mol. The Balaban J connectivity index is 1.89. The van der Waals surface area contributed by atoms with Crippen LogP contribution in [0.2, 0.25) is 0 Å². The van der Waals surface area contributed by atoms with Crippen LogP contribution in [0.1, 0.15) is 0 Å². The molecule has 0 aromatic carbocycles. The predicted octanol–water partition coefficient (Wildman–Crippen LogP) is 1.07. The van der Waals surface area contributed by atoms with Gasteiger partial charge in [-0.15, -0.1) is 11.3 Å². The number of hydrogen-bond acceptors (Lipinski definition) is 4. The molecule has 5 nitrogen and oxygen atoms in total. The monoisotopic (exact) mass is 265 g/mol. The summed E-state index contributed by atoms with van der Waals surface area (Å²) in [5.74, 6) is 0. The summed E-state index contributed by atoms with van der Waals surface area (Å²) in [6.45, 7) is 3.39. The largest absolute Gasteiger partial charge is 0.378 e. The van der Waals surface area contributed by atoms with Gasteiger partial charge in [-0.25, -0.2) is 4.79 Å². The molecule has 96 valence electrons. The molecule has 2 aromatic rings. The maximum atomic E-state index is 11.9. The number of ether oxygens (including phenoxy) is 1. The normalized spacial score (nSPS) is 16.2. The lowest BCUT2D eigenvalue weighted by atomic mass is 10.4. The minimum atomic E-state index is -0.00891. The molecule has 0 spiro atoms. The Labute approximate surface area is 109 Å². The van der Waals surface area contributed by atoms with Gasteiger partial charge in [0.05, 0.1) is 18.2 Å². The van der Waals surface area contributed by atoms with E-state index in [1.54, 1.807) is 39.9 Å². The van der Waals surface area contributed by atoms with E-state index in [9.17, 15) is 4.79 Å². The van der Waals surface area contributed by atoms with Gasteiger partial charge in [0.2, 0.25) is 0 Å². The van der Waals surface area contributed by atoms with Crippen molar-refractivity contribution in [3.8, 4) is 5.00 Å². The first kappa shape index (κ1) is 11.6. The lowest BCUT2D eigenvalue weighted by Crippen LogP contribution is -2.35. The molecule has 0 bridgehead atoms. The van der Waals surface area contributed by atoms with Crippen LogP contribution < -0.4 is 10.6 Å². The van der Waals surface area contributed by atoms with Crippen molar-refractivity contribution in [1.29, 1.82) is 0 Å². The molecule has 1 aliphatic rings. The number of thiophene rings is 1. The average Bonchev–Trinajstić information content (AvgIpc) is 3.00. The molecule has 1 aliphatic heterocycles. The van der Waals surface area contributed by atoms with E-state index in [-0.39, 0.29) is 5.69 Å².